The highest BCUT2D eigenvalue weighted by Crippen LogP contribution is 2.32. The molecule has 3 aromatic heterocycles. The minimum absolute atomic E-state index is 0.0671. The van der Waals surface area contributed by atoms with Gasteiger partial charge in [0.05, 0.1) is 44.0 Å². The second kappa shape index (κ2) is 10.5. The molecule has 5 rings (SSSR count). The summed E-state index contributed by atoms with van der Waals surface area (Å²) in [6, 6.07) is 8.04. The van der Waals surface area contributed by atoms with Gasteiger partial charge in [0.25, 0.3) is 6.43 Å². The minimum Gasteiger partial charge on any atom is -0.494 e. The zero-order valence-electron chi connectivity index (χ0n) is 21.2. The van der Waals surface area contributed by atoms with Gasteiger partial charge in [-0.3, -0.25) is 8.87 Å². The number of nitrogens with zero attached hydrogens (tertiary/aromatic N) is 8. The van der Waals surface area contributed by atoms with Crippen LogP contribution in [0.2, 0.25) is 0 Å². The van der Waals surface area contributed by atoms with E-state index in [9.17, 15) is 17.2 Å². The van der Waals surface area contributed by atoms with Crippen molar-refractivity contribution in [1.29, 1.82) is 0 Å². The molecular formula is C23H25F2N9O4S. The van der Waals surface area contributed by atoms with E-state index < -0.39 is 22.3 Å². The Morgan fingerprint density at radius 1 is 1.08 bits per heavy atom. The highest BCUT2D eigenvalue weighted by molar-refractivity contribution is 7.92. The number of nitrogens with one attached hydrogen (secondary N) is 1. The van der Waals surface area contributed by atoms with Crippen molar-refractivity contribution in [2.24, 2.45) is 0 Å². The molecule has 0 bridgehead atoms. The van der Waals surface area contributed by atoms with Crippen LogP contribution in [0.25, 0.3) is 17.0 Å². The Hall–Kier alpha value is -4.18. The minimum atomic E-state index is -3.49. The van der Waals surface area contributed by atoms with Crippen LogP contribution in [0.15, 0.2) is 36.5 Å². The monoisotopic (exact) mass is 561 g/mol. The van der Waals surface area contributed by atoms with E-state index >= 15 is 0 Å². The van der Waals surface area contributed by atoms with Gasteiger partial charge < -0.3 is 19.7 Å². The Kier molecular flexibility index (Phi) is 7.14. The Labute approximate surface area is 222 Å². The number of halogens is 2. The van der Waals surface area contributed by atoms with Crippen LogP contribution in [0.4, 0.5) is 32.2 Å². The fraction of sp³-hybridized carbons (Fsp3) is 0.348. The number of fused-ring (bicyclic) bond motifs is 1. The number of morpholine rings is 1. The lowest BCUT2D eigenvalue weighted by Crippen LogP contribution is -2.37. The molecule has 0 saturated carbocycles. The molecule has 0 atom stereocenters. The quantitative estimate of drug-likeness (QED) is 0.339. The third kappa shape index (κ3) is 5.37. The van der Waals surface area contributed by atoms with Gasteiger partial charge in [0.15, 0.2) is 5.82 Å². The number of sulfonamides is 1. The number of anilines is 4. The molecule has 0 radical (unpaired) electrons. The zero-order valence-corrected chi connectivity index (χ0v) is 22.1. The molecule has 0 spiro atoms. The molecule has 0 aliphatic carbocycles. The molecule has 0 amide bonds. The van der Waals surface area contributed by atoms with Crippen LogP contribution in [-0.4, -0.2) is 84.6 Å². The molecule has 4 heterocycles. The molecule has 1 saturated heterocycles. The number of benzene rings is 1. The summed E-state index contributed by atoms with van der Waals surface area (Å²) in [6.07, 6.45) is -0.439. The molecule has 1 N–H and O–H groups in total. The summed E-state index contributed by atoms with van der Waals surface area (Å²) < 4.78 is 65.0. The molecule has 1 fully saturated rings. The maximum Gasteiger partial charge on any atom is 0.296 e. The molecule has 206 valence electrons. The predicted octanol–water partition coefficient (Wildman–Crippen LogP) is 2.53. The molecule has 0 unspecified atom stereocenters. The third-order valence-electron chi connectivity index (χ3n) is 6.02. The van der Waals surface area contributed by atoms with E-state index in [0.29, 0.717) is 43.3 Å². The lowest BCUT2D eigenvalue weighted by Gasteiger charge is -2.27. The summed E-state index contributed by atoms with van der Waals surface area (Å²) in [7, 11) is -0.661. The third-order valence-corrected chi connectivity index (χ3v) is 7.20. The van der Waals surface area contributed by atoms with Crippen LogP contribution >= 0.6 is 0 Å². The SMILES string of the molecule is COc1cccc2c1nc(C(F)F)n2-c1nc(Nc2ccc(N(C)S(C)(=O)=O)nc2)nc(N2CCOCC2)n1. The topological polar surface area (TPSA) is 140 Å². The Balaban J connectivity index is 1.60. The molecule has 1 aliphatic rings. The summed E-state index contributed by atoms with van der Waals surface area (Å²) in [5.74, 6) is 0.262. The fourth-order valence-electron chi connectivity index (χ4n) is 3.97. The Bertz CT molecular complexity index is 1590. The van der Waals surface area contributed by atoms with E-state index in [1.165, 1.54) is 31.0 Å². The molecule has 13 nitrogen and oxygen atoms in total. The van der Waals surface area contributed by atoms with Gasteiger partial charge in [0.1, 0.15) is 17.1 Å². The van der Waals surface area contributed by atoms with Crippen molar-refractivity contribution in [3.8, 4) is 11.7 Å². The van der Waals surface area contributed by atoms with E-state index in [0.717, 1.165) is 10.6 Å². The second-order valence-corrected chi connectivity index (χ2v) is 10.6. The van der Waals surface area contributed by atoms with E-state index in [1.54, 1.807) is 24.3 Å². The lowest BCUT2D eigenvalue weighted by atomic mass is 10.3. The van der Waals surface area contributed by atoms with Crippen LogP contribution in [0.1, 0.15) is 12.2 Å². The molecular weight excluding hydrogens is 536 g/mol. The number of hydrogen-bond acceptors (Lipinski definition) is 11. The molecule has 1 aliphatic heterocycles. The summed E-state index contributed by atoms with van der Waals surface area (Å²) in [5.41, 5.74) is 1.02. The maximum atomic E-state index is 14.2. The van der Waals surface area contributed by atoms with E-state index in [4.69, 9.17) is 9.47 Å². The number of rotatable bonds is 8. The number of aromatic nitrogens is 6. The second-order valence-electron chi connectivity index (χ2n) is 8.55. The van der Waals surface area contributed by atoms with Crippen molar-refractivity contribution in [1.82, 2.24) is 29.5 Å². The largest absolute Gasteiger partial charge is 0.494 e. The van der Waals surface area contributed by atoms with Gasteiger partial charge >= 0.3 is 0 Å². The van der Waals surface area contributed by atoms with Crippen LogP contribution < -0.4 is 19.3 Å². The summed E-state index contributed by atoms with van der Waals surface area (Å²) >= 11 is 0. The number of ether oxygens (including phenoxy) is 2. The van der Waals surface area contributed by atoms with Gasteiger partial charge in [0.2, 0.25) is 27.9 Å². The molecule has 16 heteroatoms. The number of methoxy groups -OCH3 is 1. The number of alkyl halides is 2. The van der Waals surface area contributed by atoms with Gasteiger partial charge in [-0.1, -0.05) is 6.07 Å². The first-order valence-corrected chi connectivity index (χ1v) is 13.6. The number of para-hydroxylation sites is 1. The highest BCUT2D eigenvalue weighted by Gasteiger charge is 2.26. The van der Waals surface area contributed by atoms with E-state index in [1.807, 2.05) is 4.90 Å². The van der Waals surface area contributed by atoms with Gasteiger partial charge in [-0.25, -0.2) is 27.2 Å². The fourth-order valence-corrected chi connectivity index (χ4v) is 4.42. The number of hydrogen-bond donors (Lipinski definition) is 1. The van der Waals surface area contributed by atoms with E-state index in [2.05, 4.69) is 30.2 Å². The van der Waals surface area contributed by atoms with Crippen LogP contribution in [-0.2, 0) is 14.8 Å². The van der Waals surface area contributed by atoms with Crippen molar-refractivity contribution in [2.45, 2.75) is 6.43 Å². The van der Waals surface area contributed by atoms with Crippen LogP contribution in [0, 0.1) is 0 Å². The predicted molar refractivity (Wildman–Crippen MR) is 140 cm³/mol. The van der Waals surface area contributed by atoms with Crippen molar-refractivity contribution in [3.05, 3.63) is 42.4 Å². The van der Waals surface area contributed by atoms with E-state index in [-0.39, 0.29) is 29.2 Å². The van der Waals surface area contributed by atoms with Crippen molar-refractivity contribution in [3.63, 3.8) is 0 Å². The molecule has 1 aromatic carbocycles. The normalized spacial score (nSPS) is 14.2. The van der Waals surface area contributed by atoms with Gasteiger partial charge in [-0.05, 0) is 24.3 Å². The molecule has 4 aromatic rings. The number of imidazole rings is 1. The average molecular weight is 562 g/mol. The van der Waals surface area contributed by atoms with Gasteiger partial charge in [-0.15, -0.1) is 0 Å². The van der Waals surface area contributed by atoms with Crippen LogP contribution in [0.3, 0.4) is 0 Å². The van der Waals surface area contributed by atoms with Gasteiger partial charge in [0, 0.05) is 20.1 Å². The summed E-state index contributed by atoms with van der Waals surface area (Å²) in [5, 5.41) is 3.01. The Morgan fingerprint density at radius 2 is 1.82 bits per heavy atom. The first kappa shape index (κ1) is 26.4. The zero-order chi connectivity index (χ0) is 27.7. The maximum absolute atomic E-state index is 14.2. The lowest BCUT2D eigenvalue weighted by molar-refractivity contribution is 0.122. The number of pyridine rings is 1. The van der Waals surface area contributed by atoms with Gasteiger partial charge in [-0.2, -0.15) is 15.0 Å². The average Bonchev–Trinajstić information content (AvgIpc) is 3.33. The van der Waals surface area contributed by atoms with Crippen molar-refractivity contribution in [2.75, 3.05) is 61.2 Å². The summed E-state index contributed by atoms with van der Waals surface area (Å²) in [6.45, 7) is 1.90. The van der Waals surface area contributed by atoms with Crippen LogP contribution in [0.5, 0.6) is 5.75 Å². The first-order chi connectivity index (χ1) is 18.7. The van der Waals surface area contributed by atoms with Crippen molar-refractivity contribution < 1.29 is 26.7 Å². The summed E-state index contributed by atoms with van der Waals surface area (Å²) in [4.78, 5) is 23.6. The smallest absolute Gasteiger partial charge is 0.296 e. The Morgan fingerprint density at radius 3 is 2.46 bits per heavy atom. The van der Waals surface area contributed by atoms with Crippen molar-refractivity contribution >= 4 is 44.5 Å². The standard InChI is InChI=1S/C23H25F2N9O4S/c1-32(39(3,35)36)17-8-7-14(13-26-17)27-21-29-22(33-9-11-38-12-10-33)31-23(30-21)34-15-5-4-6-16(37-2)18(15)28-20(34)19(24)25/h4-8,13,19H,9-12H2,1-3H3,(H,27,29,30,31). The first-order valence-electron chi connectivity index (χ1n) is 11.8. The highest BCUT2D eigenvalue weighted by atomic mass is 32.2. The molecule has 39 heavy (non-hydrogen) atoms.